The molecule has 2 heterocycles. The summed E-state index contributed by atoms with van der Waals surface area (Å²) in [6, 6.07) is 8.13. The summed E-state index contributed by atoms with van der Waals surface area (Å²) in [7, 11) is 0. The molecule has 1 aliphatic rings. The number of hydrogen-bond acceptors (Lipinski definition) is 4. The van der Waals surface area contributed by atoms with E-state index in [2.05, 4.69) is 16.0 Å². The molecule has 4 nitrogen and oxygen atoms in total. The first-order valence-electron chi connectivity index (χ1n) is 6.15. The minimum atomic E-state index is 0.571. The highest BCUT2D eigenvalue weighted by atomic mass is 16.5. The van der Waals surface area contributed by atoms with E-state index in [-0.39, 0.29) is 0 Å². The van der Waals surface area contributed by atoms with Gasteiger partial charge in [0.1, 0.15) is 11.6 Å². The average molecular weight is 241 g/mol. The van der Waals surface area contributed by atoms with E-state index in [1.54, 1.807) is 6.20 Å². The molecule has 18 heavy (non-hydrogen) atoms. The van der Waals surface area contributed by atoms with Crippen molar-refractivity contribution in [2.24, 2.45) is 5.73 Å². The molecule has 2 N–H and O–H groups in total. The lowest BCUT2D eigenvalue weighted by atomic mass is 10.1. The molecule has 0 fully saturated rings. The Morgan fingerprint density at radius 2 is 2.22 bits per heavy atom. The van der Waals surface area contributed by atoms with Crippen LogP contribution in [-0.4, -0.2) is 23.1 Å². The van der Waals surface area contributed by atoms with Gasteiger partial charge in [0.25, 0.3) is 0 Å². The zero-order chi connectivity index (χ0) is 12.4. The molecule has 0 saturated heterocycles. The third-order valence-corrected chi connectivity index (χ3v) is 3.06. The maximum Gasteiger partial charge on any atom is 0.130 e. The Bertz CT molecular complexity index is 569. The van der Waals surface area contributed by atoms with Gasteiger partial charge in [-0.25, -0.2) is 9.97 Å². The fraction of sp³-hybridized carbons (Fsp3) is 0.286. The molecule has 0 unspecified atom stereocenters. The molecule has 0 spiro atoms. The monoisotopic (exact) mass is 241 g/mol. The van der Waals surface area contributed by atoms with Gasteiger partial charge in [0.15, 0.2) is 0 Å². The van der Waals surface area contributed by atoms with Gasteiger partial charge in [0.2, 0.25) is 0 Å². The Labute approximate surface area is 106 Å². The van der Waals surface area contributed by atoms with Gasteiger partial charge in [-0.05, 0) is 36.4 Å². The second-order valence-electron chi connectivity index (χ2n) is 4.32. The maximum atomic E-state index is 5.53. The number of rotatable bonds is 3. The van der Waals surface area contributed by atoms with Crippen LogP contribution in [0, 0.1) is 0 Å². The number of ether oxygens (including phenoxy) is 1. The molecule has 1 aliphatic heterocycles. The molecule has 4 heteroatoms. The highest BCUT2D eigenvalue weighted by Gasteiger charge is 2.13. The van der Waals surface area contributed by atoms with Gasteiger partial charge in [-0.15, -0.1) is 0 Å². The Morgan fingerprint density at radius 3 is 3.11 bits per heavy atom. The molecule has 0 aliphatic carbocycles. The second-order valence-corrected chi connectivity index (χ2v) is 4.32. The summed E-state index contributed by atoms with van der Waals surface area (Å²) in [6.45, 7) is 1.35. The van der Waals surface area contributed by atoms with Crippen molar-refractivity contribution in [3.05, 3.63) is 41.9 Å². The van der Waals surface area contributed by atoms with Crippen molar-refractivity contribution in [3.63, 3.8) is 0 Å². The number of nitrogens with two attached hydrogens (primary N) is 1. The van der Waals surface area contributed by atoms with Crippen molar-refractivity contribution < 1.29 is 4.74 Å². The van der Waals surface area contributed by atoms with Gasteiger partial charge in [0.05, 0.1) is 12.3 Å². The molecule has 1 aromatic heterocycles. The minimum absolute atomic E-state index is 0.571. The number of aromatic nitrogens is 2. The topological polar surface area (TPSA) is 61.0 Å². The Morgan fingerprint density at radius 1 is 1.28 bits per heavy atom. The summed E-state index contributed by atoms with van der Waals surface area (Å²) < 4.78 is 5.50. The molecule has 1 aromatic carbocycles. The van der Waals surface area contributed by atoms with Crippen molar-refractivity contribution in [2.45, 2.75) is 12.8 Å². The maximum absolute atomic E-state index is 5.53. The van der Waals surface area contributed by atoms with Crippen molar-refractivity contribution in [1.82, 2.24) is 9.97 Å². The molecule has 0 amide bonds. The number of nitrogens with zero attached hydrogens (tertiary/aromatic N) is 2. The Hall–Kier alpha value is -1.94. The quantitative estimate of drug-likeness (QED) is 0.886. The third-order valence-electron chi connectivity index (χ3n) is 3.06. The van der Waals surface area contributed by atoms with Crippen molar-refractivity contribution in [1.29, 1.82) is 0 Å². The second kappa shape index (κ2) is 4.74. The lowest BCUT2D eigenvalue weighted by molar-refractivity contribution is 0.357. The van der Waals surface area contributed by atoms with Crippen molar-refractivity contribution >= 4 is 0 Å². The molecule has 3 rings (SSSR count). The summed E-state index contributed by atoms with van der Waals surface area (Å²) in [4.78, 5) is 8.74. The summed E-state index contributed by atoms with van der Waals surface area (Å²) in [5, 5.41) is 0. The van der Waals surface area contributed by atoms with E-state index in [0.717, 1.165) is 35.9 Å². The fourth-order valence-electron chi connectivity index (χ4n) is 2.16. The first-order chi connectivity index (χ1) is 8.86. The summed E-state index contributed by atoms with van der Waals surface area (Å²) in [5.41, 5.74) is 8.84. The number of fused-ring (bicyclic) bond motifs is 1. The first-order valence-corrected chi connectivity index (χ1v) is 6.15. The van der Waals surface area contributed by atoms with Gasteiger partial charge >= 0.3 is 0 Å². The zero-order valence-corrected chi connectivity index (χ0v) is 10.1. The summed E-state index contributed by atoms with van der Waals surface area (Å²) in [5.74, 6) is 1.79. The van der Waals surface area contributed by atoms with Crippen LogP contribution in [0.5, 0.6) is 5.75 Å². The first kappa shape index (κ1) is 11.2. The van der Waals surface area contributed by atoms with Crippen LogP contribution >= 0.6 is 0 Å². The molecule has 0 bridgehead atoms. The average Bonchev–Trinajstić information content (AvgIpc) is 2.86. The van der Waals surface area contributed by atoms with E-state index >= 15 is 0 Å². The molecular formula is C14H15N3O. The summed E-state index contributed by atoms with van der Waals surface area (Å²) >= 11 is 0. The van der Waals surface area contributed by atoms with Gasteiger partial charge in [0, 0.05) is 24.6 Å². The largest absolute Gasteiger partial charge is 0.493 e. The summed E-state index contributed by atoms with van der Waals surface area (Å²) in [6.07, 6.45) is 3.48. The van der Waals surface area contributed by atoms with Crippen molar-refractivity contribution in [2.75, 3.05) is 13.2 Å². The fourth-order valence-corrected chi connectivity index (χ4v) is 2.16. The molecule has 2 aromatic rings. The standard InChI is InChI=1S/C14H15N3O/c15-6-3-14-16-7-4-12(17-14)10-1-2-13-11(9-10)5-8-18-13/h1-2,4,7,9H,3,5-6,8,15H2. The van der Waals surface area contributed by atoms with Crippen LogP contribution in [0.2, 0.25) is 0 Å². The van der Waals surface area contributed by atoms with E-state index in [4.69, 9.17) is 10.5 Å². The highest BCUT2D eigenvalue weighted by molar-refractivity contribution is 5.62. The van der Waals surface area contributed by atoms with Crippen LogP contribution in [0.15, 0.2) is 30.5 Å². The molecule has 0 radical (unpaired) electrons. The van der Waals surface area contributed by atoms with Crippen LogP contribution < -0.4 is 10.5 Å². The minimum Gasteiger partial charge on any atom is -0.493 e. The Balaban J connectivity index is 1.96. The van der Waals surface area contributed by atoms with Gasteiger partial charge in [-0.1, -0.05) is 0 Å². The van der Waals surface area contributed by atoms with E-state index in [9.17, 15) is 0 Å². The predicted molar refractivity (Wildman–Crippen MR) is 69.4 cm³/mol. The van der Waals surface area contributed by atoms with Gasteiger partial charge in [-0.2, -0.15) is 0 Å². The third kappa shape index (κ3) is 2.07. The highest BCUT2D eigenvalue weighted by Crippen LogP contribution is 2.29. The van der Waals surface area contributed by atoms with Crippen LogP contribution in [-0.2, 0) is 12.8 Å². The van der Waals surface area contributed by atoms with E-state index in [1.807, 2.05) is 18.2 Å². The van der Waals surface area contributed by atoms with Crippen LogP contribution in [0.1, 0.15) is 11.4 Å². The van der Waals surface area contributed by atoms with Crippen LogP contribution in [0.4, 0.5) is 0 Å². The molecule has 0 saturated carbocycles. The van der Waals surface area contributed by atoms with E-state index in [0.29, 0.717) is 13.0 Å². The number of hydrogen-bond donors (Lipinski definition) is 1. The SMILES string of the molecule is NCCc1nccc(-c2ccc3c(c2)CCO3)n1. The zero-order valence-electron chi connectivity index (χ0n) is 10.1. The lowest BCUT2D eigenvalue weighted by Crippen LogP contribution is -2.06. The van der Waals surface area contributed by atoms with Crippen LogP contribution in [0.25, 0.3) is 11.3 Å². The normalized spacial score (nSPS) is 13.2. The van der Waals surface area contributed by atoms with Crippen molar-refractivity contribution in [3.8, 4) is 17.0 Å². The molecule has 0 atom stereocenters. The van der Waals surface area contributed by atoms with Gasteiger partial charge in [-0.3, -0.25) is 0 Å². The molecule has 92 valence electrons. The lowest BCUT2D eigenvalue weighted by Gasteiger charge is -2.05. The van der Waals surface area contributed by atoms with E-state index < -0.39 is 0 Å². The number of benzene rings is 1. The van der Waals surface area contributed by atoms with Crippen LogP contribution in [0.3, 0.4) is 0 Å². The Kier molecular flexibility index (Phi) is 2.94. The molecular weight excluding hydrogens is 226 g/mol. The predicted octanol–water partition coefficient (Wildman–Crippen LogP) is 1.58. The smallest absolute Gasteiger partial charge is 0.130 e. The van der Waals surface area contributed by atoms with Gasteiger partial charge < -0.3 is 10.5 Å². The van der Waals surface area contributed by atoms with E-state index in [1.165, 1.54) is 5.56 Å².